The summed E-state index contributed by atoms with van der Waals surface area (Å²) in [4.78, 5) is 11.1. The first kappa shape index (κ1) is 10.3. The zero-order valence-corrected chi connectivity index (χ0v) is 8.03. The Labute approximate surface area is 83.1 Å². The van der Waals surface area contributed by atoms with Crippen LogP contribution in [0.2, 0.25) is 0 Å². The lowest BCUT2D eigenvalue weighted by atomic mass is 10.1. The van der Waals surface area contributed by atoms with E-state index in [9.17, 15) is 4.79 Å². The summed E-state index contributed by atoms with van der Waals surface area (Å²) in [5, 5.41) is 11.4. The van der Waals surface area contributed by atoms with Crippen molar-refractivity contribution in [2.75, 3.05) is 0 Å². The van der Waals surface area contributed by atoms with Crippen LogP contribution < -0.4 is 5.32 Å². The monoisotopic (exact) mass is 191 g/mol. The zero-order chi connectivity index (χ0) is 10.6. The predicted molar refractivity (Wildman–Crippen MR) is 54.8 cm³/mol. The van der Waals surface area contributed by atoms with Gasteiger partial charge >= 0.3 is 0 Å². The maximum atomic E-state index is 11.1. The minimum absolute atomic E-state index is 0.132. The summed E-state index contributed by atoms with van der Waals surface area (Å²) < 4.78 is 0. The second kappa shape index (κ2) is 4.46. The fourth-order valence-corrected chi connectivity index (χ4v) is 1.10. The Balaban J connectivity index is 2.64. The normalized spacial score (nSPS) is 11.8. The smallest absolute Gasteiger partial charge is 0.285 e. The minimum atomic E-state index is -0.540. The van der Waals surface area contributed by atoms with Gasteiger partial charge < -0.3 is 10.4 Å². The van der Waals surface area contributed by atoms with Crippen LogP contribution in [0.1, 0.15) is 18.5 Å². The van der Waals surface area contributed by atoms with Crippen LogP contribution >= 0.6 is 0 Å². The Morgan fingerprint density at radius 3 is 2.50 bits per heavy atom. The van der Waals surface area contributed by atoms with Gasteiger partial charge in [-0.05, 0) is 12.5 Å². The van der Waals surface area contributed by atoms with Crippen molar-refractivity contribution < 1.29 is 9.90 Å². The first-order chi connectivity index (χ1) is 6.61. The average molecular weight is 191 g/mol. The fourth-order valence-electron chi connectivity index (χ4n) is 1.10. The molecule has 0 unspecified atom stereocenters. The second-order valence-corrected chi connectivity index (χ2v) is 3.05. The summed E-state index contributed by atoms with van der Waals surface area (Å²) in [7, 11) is 0. The highest BCUT2D eigenvalue weighted by atomic mass is 16.3. The summed E-state index contributed by atoms with van der Waals surface area (Å²) in [6.07, 6.45) is 0. The summed E-state index contributed by atoms with van der Waals surface area (Å²) in [6, 6.07) is 9.38. The van der Waals surface area contributed by atoms with Crippen molar-refractivity contribution >= 4 is 5.91 Å². The number of benzene rings is 1. The van der Waals surface area contributed by atoms with Gasteiger partial charge in [0.2, 0.25) is 0 Å². The number of hydrogen-bond donors (Lipinski definition) is 2. The lowest BCUT2D eigenvalue weighted by Gasteiger charge is -2.13. The molecule has 3 heteroatoms. The molecular weight excluding hydrogens is 178 g/mol. The van der Waals surface area contributed by atoms with Crippen molar-refractivity contribution in [2.45, 2.75) is 13.0 Å². The van der Waals surface area contributed by atoms with Gasteiger partial charge in [-0.25, -0.2) is 0 Å². The van der Waals surface area contributed by atoms with E-state index in [-0.39, 0.29) is 6.04 Å². The number of aliphatic hydroxyl groups excluding tert-OH is 1. The molecule has 2 N–H and O–H groups in total. The van der Waals surface area contributed by atoms with Crippen molar-refractivity contribution in [1.29, 1.82) is 0 Å². The van der Waals surface area contributed by atoms with Crippen molar-refractivity contribution in [2.24, 2.45) is 0 Å². The Morgan fingerprint density at radius 2 is 2.00 bits per heavy atom. The molecule has 1 amide bonds. The van der Waals surface area contributed by atoms with Crippen LogP contribution in [-0.4, -0.2) is 11.0 Å². The molecule has 0 aliphatic rings. The van der Waals surface area contributed by atoms with Gasteiger partial charge in [-0.1, -0.05) is 36.9 Å². The number of aliphatic hydroxyl groups is 1. The third-order valence-electron chi connectivity index (χ3n) is 1.91. The van der Waals surface area contributed by atoms with E-state index in [0.29, 0.717) is 0 Å². The van der Waals surface area contributed by atoms with Gasteiger partial charge in [0.1, 0.15) is 0 Å². The van der Waals surface area contributed by atoms with Crippen LogP contribution in [0.5, 0.6) is 0 Å². The van der Waals surface area contributed by atoms with Gasteiger partial charge in [0, 0.05) is 0 Å². The predicted octanol–water partition coefficient (Wildman–Crippen LogP) is 1.94. The Bertz CT molecular complexity index is 332. The number of amides is 1. The molecule has 0 aliphatic carbocycles. The molecule has 0 radical (unpaired) electrons. The molecule has 0 heterocycles. The molecule has 0 bridgehead atoms. The molecule has 0 fully saturated rings. The topological polar surface area (TPSA) is 49.3 Å². The molecule has 0 aliphatic heterocycles. The van der Waals surface area contributed by atoms with E-state index < -0.39 is 11.7 Å². The quantitative estimate of drug-likeness (QED) is 0.566. The highest BCUT2D eigenvalue weighted by molar-refractivity contribution is 5.90. The van der Waals surface area contributed by atoms with Gasteiger partial charge in [0.15, 0.2) is 5.76 Å². The van der Waals surface area contributed by atoms with Crippen molar-refractivity contribution in [3.8, 4) is 0 Å². The fraction of sp³-hybridized carbons (Fsp3) is 0.182. The Kier molecular flexibility index (Phi) is 3.29. The van der Waals surface area contributed by atoms with Crippen molar-refractivity contribution in [3.05, 3.63) is 48.2 Å². The van der Waals surface area contributed by atoms with E-state index >= 15 is 0 Å². The standard InChI is InChI=1S/C11H13NO2/c1-8(12-11(14)9(2)13)10-6-4-3-5-7-10/h3-8,13H,2H2,1H3,(H,12,14)/t8-/m1/s1. The van der Waals surface area contributed by atoms with Crippen LogP contribution in [0.25, 0.3) is 0 Å². The summed E-state index contributed by atoms with van der Waals surface area (Å²) >= 11 is 0. The third kappa shape index (κ3) is 2.62. The maximum Gasteiger partial charge on any atom is 0.285 e. The van der Waals surface area contributed by atoms with Crippen molar-refractivity contribution in [1.82, 2.24) is 5.32 Å². The Hall–Kier alpha value is -1.77. The van der Waals surface area contributed by atoms with Crippen LogP contribution in [0.15, 0.2) is 42.7 Å². The number of hydrogen-bond acceptors (Lipinski definition) is 2. The van der Waals surface area contributed by atoms with E-state index in [1.54, 1.807) is 0 Å². The molecule has 74 valence electrons. The molecule has 0 saturated carbocycles. The van der Waals surface area contributed by atoms with E-state index in [1.807, 2.05) is 37.3 Å². The summed E-state index contributed by atoms with van der Waals surface area (Å²) in [5.41, 5.74) is 0.988. The Morgan fingerprint density at radius 1 is 1.43 bits per heavy atom. The lowest BCUT2D eigenvalue weighted by molar-refractivity contribution is -0.120. The van der Waals surface area contributed by atoms with Crippen LogP contribution in [0.4, 0.5) is 0 Å². The van der Waals surface area contributed by atoms with E-state index in [4.69, 9.17) is 5.11 Å². The summed E-state index contributed by atoms with van der Waals surface area (Å²) in [6.45, 7) is 4.99. The number of carbonyl (C=O) groups excluding carboxylic acids is 1. The molecule has 0 spiro atoms. The molecule has 0 aromatic heterocycles. The lowest BCUT2D eigenvalue weighted by Crippen LogP contribution is -2.27. The first-order valence-electron chi connectivity index (χ1n) is 4.35. The van der Waals surface area contributed by atoms with Gasteiger partial charge in [-0.2, -0.15) is 0 Å². The molecule has 3 nitrogen and oxygen atoms in total. The number of rotatable bonds is 3. The molecule has 1 aromatic rings. The van der Waals surface area contributed by atoms with Crippen LogP contribution in [0.3, 0.4) is 0 Å². The number of carbonyl (C=O) groups is 1. The van der Waals surface area contributed by atoms with Gasteiger partial charge in [-0.3, -0.25) is 4.79 Å². The molecule has 1 rings (SSSR count). The third-order valence-corrected chi connectivity index (χ3v) is 1.91. The van der Waals surface area contributed by atoms with Gasteiger partial charge in [0.05, 0.1) is 6.04 Å². The number of nitrogens with one attached hydrogen (secondary N) is 1. The maximum absolute atomic E-state index is 11.1. The highest BCUT2D eigenvalue weighted by Crippen LogP contribution is 2.11. The van der Waals surface area contributed by atoms with E-state index in [1.165, 1.54) is 0 Å². The van der Waals surface area contributed by atoms with Gasteiger partial charge in [0.25, 0.3) is 5.91 Å². The molecular formula is C11H13NO2. The SMILES string of the molecule is C=C(O)C(=O)N[C@H](C)c1ccccc1. The molecule has 14 heavy (non-hydrogen) atoms. The largest absolute Gasteiger partial charge is 0.503 e. The second-order valence-electron chi connectivity index (χ2n) is 3.05. The summed E-state index contributed by atoms with van der Waals surface area (Å²) in [5.74, 6) is -1.01. The molecule has 0 saturated heterocycles. The highest BCUT2D eigenvalue weighted by Gasteiger charge is 2.10. The average Bonchev–Trinajstić information content (AvgIpc) is 2.19. The first-order valence-corrected chi connectivity index (χ1v) is 4.35. The molecule has 1 atom stereocenters. The van der Waals surface area contributed by atoms with Gasteiger partial charge in [-0.15, -0.1) is 0 Å². The minimum Gasteiger partial charge on any atom is -0.503 e. The van der Waals surface area contributed by atoms with Crippen molar-refractivity contribution in [3.63, 3.8) is 0 Å². The van der Waals surface area contributed by atoms with Crippen LogP contribution in [-0.2, 0) is 4.79 Å². The molecule has 1 aromatic carbocycles. The van der Waals surface area contributed by atoms with Crippen LogP contribution in [0, 0.1) is 0 Å². The van der Waals surface area contributed by atoms with E-state index in [0.717, 1.165) is 5.56 Å². The van der Waals surface area contributed by atoms with E-state index in [2.05, 4.69) is 11.9 Å². The zero-order valence-electron chi connectivity index (χ0n) is 8.03.